The topological polar surface area (TPSA) is 171 Å². The largest absolute Gasteiger partial charge is 0.490 e. The number of aromatic nitrogens is 4. The highest BCUT2D eigenvalue weighted by Gasteiger charge is 2.38. The SMILES string of the molecule is COc1cnc2c(N3CCNCC3)ccc(C(=O)Nc3cc(F)c4nc(C)cn4c3)c2n1.O=C(O)C(F)(F)F.O=C(O)C(F)(F)F. The monoisotopic (exact) mass is 663 g/mol. The maximum absolute atomic E-state index is 14.4. The second-order valence-electron chi connectivity index (χ2n) is 9.23. The number of rotatable bonds is 4. The fourth-order valence-electron chi connectivity index (χ4n) is 3.96. The van der Waals surface area contributed by atoms with E-state index in [0.717, 1.165) is 31.9 Å². The summed E-state index contributed by atoms with van der Waals surface area (Å²) < 4.78 is 84.7. The zero-order valence-corrected chi connectivity index (χ0v) is 23.7. The molecule has 248 valence electrons. The van der Waals surface area contributed by atoms with Gasteiger partial charge in [-0.25, -0.2) is 28.9 Å². The molecule has 1 saturated heterocycles. The molecule has 0 unspecified atom stereocenters. The summed E-state index contributed by atoms with van der Waals surface area (Å²) in [6, 6.07) is 4.86. The molecule has 0 aliphatic carbocycles. The Morgan fingerprint density at radius 2 is 1.54 bits per heavy atom. The van der Waals surface area contributed by atoms with Gasteiger partial charge in [0.25, 0.3) is 5.91 Å². The van der Waals surface area contributed by atoms with E-state index in [4.69, 9.17) is 24.5 Å². The molecule has 0 atom stereocenters. The number of carboxylic acid groups (broad SMARTS) is 2. The molecule has 0 saturated carbocycles. The number of amides is 1. The fraction of sp³-hybridized carbons (Fsp3) is 0.308. The van der Waals surface area contributed by atoms with E-state index in [1.165, 1.54) is 13.2 Å². The summed E-state index contributed by atoms with van der Waals surface area (Å²) in [5.74, 6) is -6.14. The number of carboxylic acids is 2. The molecule has 46 heavy (non-hydrogen) atoms. The van der Waals surface area contributed by atoms with E-state index in [2.05, 4.69) is 30.5 Å². The van der Waals surface area contributed by atoms with Crippen LogP contribution in [0.1, 0.15) is 16.1 Å². The number of aryl methyl sites for hydroxylation is 1. The van der Waals surface area contributed by atoms with Crippen molar-refractivity contribution in [2.45, 2.75) is 19.3 Å². The van der Waals surface area contributed by atoms with Crippen LogP contribution < -0.4 is 20.3 Å². The van der Waals surface area contributed by atoms with Crippen LogP contribution in [-0.2, 0) is 9.59 Å². The molecule has 20 heteroatoms. The summed E-state index contributed by atoms with van der Waals surface area (Å²) in [7, 11) is 1.50. The predicted molar refractivity (Wildman–Crippen MR) is 146 cm³/mol. The summed E-state index contributed by atoms with van der Waals surface area (Å²) in [5.41, 5.74) is 3.49. The number of carbonyl (C=O) groups is 3. The smallest absolute Gasteiger partial charge is 0.480 e. The number of benzene rings is 1. The van der Waals surface area contributed by atoms with E-state index in [9.17, 15) is 35.5 Å². The maximum atomic E-state index is 14.4. The normalized spacial score (nSPS) is 13.3. The first kappa shape index (κ1) is 35.2. The lowest BCUT2D eigenvalue weighted by Crippen LogP contribution is -2.43. The molecule has 0 radical (unpaired) electrons. The third-order valence-electron chi connectivity index (χ3n) is 5.94. The lowest BCUT2D eigenvalue weighted by atomic mass is 10.1. The van der Waals surface area contributed by atoms with Gasteiger partial charge in [-0.3, -0.25) is 4.79 Å². The Hall–Kier alpha value is -5.27. The number of carbonyl (C=O) groups excluding carboxylic acids is 1. The van der Waals surface area contributed by atoms with Gasteiger partial charge in [0.05, 0.1) is 35.9 Å². The molecule has 4 heterocycles. The molecule has 0 spiro atoms. The molecular formula is C26H24F7N7O6. The molecule has 1 aliphatic heterocycles. The van der Waals surface area contributed by atoms with Gasteiger partial charge in [0.15, 0.2) is 11.5 Å². The Morgan fingerprint density at radius 3 is 2.09 bits per heavy atom. The van der Waals surface area contributed by atoms with Crippen molar-refractivity contribution in [1.29, 1.82) is 0 Å². The van der Waals surface area contributed by atoms with E-state index in [1.807, 2.05) is 6.07 Å². The number of piperazine rings is 1. The number of fused-ring (bicyclic) bond motifs is 2. The number of halogens is 7. The second-order valence-corrected chi connectivity index (χ2v) is 9.23. The van der Waals surface area contributed by atoms with Crippen LogP contribution in [-0.4, -0.2) is 93.1 Å². The van der Waals surface area contributed by atoms with Gasteiger partial charge in [-0.05, 0) is 19.1 Å². The van der Waals surface area contributed by atoms with Crippen molar-refractivity contribution < 1.29 is 60.1 Å². The predicted octanol–water partition coefficient (Wildman–Crippen LogP) is 3.66. The Balaban J connectivity index is 0.000000345. The number of anilines is 2. The highest BCUT2D eigenvalue weighted by molar-refractivity contribution is 6.13. The molecule has 1 fully saturated rings. The Bertz CT molecular complexity index is 1710. The van der Waals surface area contributed by atoms with Gasteiger partial charge in [0, 0.05) is 44.6 Å². The fourth-order valence-corrected chi connectivity index (χ4v) is 3.96. The number of pyridine rings is 1. The molecule has 1 aliphatic rings. The first-order valence-electron chi connectivity index (χ1n) is 12.8. The first-order chi connectivity index (χ1) is 21.4. The van der Waals surface area contributed by atoms with Crippen LogP contribution in [0.4, 0.5) is 42.1 Å². The lowest BCUT2D eigenvalue weighted by Gasteiger charge is -2.30. The summed E-state index contributed by atoms with van der Waals surface area (Å²) in [6.45, 7) is 5.18. The van der Waals surface area contributed by atoms with Crippen LogP contribution in [0.15, 0.2) is 36.8 Å². The van der Waals surface area contributed by atoms with Crippen LogP contribution in [0, 0.1) is 12.7 Å². The summed E-state index contributed by atoms with van der Waals surface area (Å²) in [6.07, 6.45) is -5.30. The van der Waals surface area contributed by atoms with Gasteiger partial charge >= 0.3 is 24.3 Å². The summed E-state index contributed by atoms with van der Waals surface area (Å²) in [5, 5.41) is 20.3. The molecule has 3 aromatic heterocycles. The van der Waals surface area contributed by atoms with Crippen molar-refractivity contribution in [3.8, 4) is 5.88 Å². The van der Waals surface area contributed by atoms with Crippen molar-refractivity contribution in [3.63, 3.8) is 0 Å². The quantitative estimate of drug-likeness (QED) is 0.235. The number of ether oxygens (including phenoxy) is 1. The molecule has 0 bridgehead atoms. The van der Waals surface area contributed by atoms with Crippen molar-refractivity contribution in [3.05, 3.63) is 53.9 Å². The third kappa shape index (κ3) is 8.89. The van der Waals surface area contributed by atoms with Gasteiger partial charge in [-0.2, -0.15) is 26.3 Å². The number of imidazole rings is 1. The van der Waals surface area contributed by atoms with Crippen LogP contribution >= 0.6 is 0 Å². The van der Waals surface area contributed by atoms with Gasteiger partial charge in [-0.1, -0.05) is 0 Å². The number of nitrogens with zero attached hydrogens (tertiary/aromatic N) is 5. The molecule has 13 nitrogen and oxygen atoms in total. The second kappa shape index (κ2) is 14.2. The minimum absolute atomic E-state index is 0.210. The lowest BCUT2D eigenvalue weighted by molar-refractivity contribution is -0.193. The molecule has 5 rings (SSSR count). The molecule has 4 N–H and O–H groups in total. The van der Waals surface area contributed by atoms with Crippen LogP contribution in [0.2, 0.25) is 0 Å². The third-order valence-corrected chi connectivity index (χ3v) is 5.94. The zero-order chi connectivity index (χ0) is 34.4. The minimum Gasteiger partial charge on any atom is -0.480 e. The van der Waals surface area contributed by atoms with E-state index in [1.54, 1.807) is 36.0 Å². The van der Waals surface area contributed by atoms with E-state index in [-0.39, 0.29) is 5.65 Å². The Labute approximate surface area is 253 Å². The standard InChI is InChI=1S/C22H22FN7O2.2C2HF3O2/c1-13-11-30-12-14(9-16(23)21(30)26-13)27-22(31)15-3-4-17(29-7-5-24-6-8-29)20-19(15)28-18(32-2)10-25-20;2*3-2(4,5)1(6)7/h3-4,9-12,24H,5-8H2,1-2H3,(H,27,31);2*(H,6,7). The number of aliphatic carboxylic acids is 2. The molecule has 1 aromatic carbocycles. The highest BCUT2D eigenvalue weighted by atomic mass is 19.4. The molecule has 4 aromatic rings. The van der Waals surface area contributed by atoms with Crippen molar-refractivity contribution >= 4 is 45.9 Å². The number of methoxy groups -OCH3 is 1. The van der Waals surface area contributed by atoms with Crippen LogP contribution in [0.25, 0.3) is 16.7 Å². The number of nitrogens with one attached hydrogen (secondary N) is 2. The summed E-state index contributed by atoms with van der Waals surface area (Å²) in [4.78, 5) is 46.4. The van der Waals surface area contributed by atoms with E-state index >= 15 is 0 Å². The molecular weight excluding hydrogens is 639 g/mol. The number of alkyl halides is 6. The van der Waals surface area contributed by atoms with Gasteiger partial charge in [0.1, 0.15) is 11.0 Å². The van der Waals surface area contributed by atoms with E-state index in [0.29, 0.717) is 33.9 Å². The van der Waals surface area contributed by atoms with Crippen LogP contribution in [0.5, 0.6) is 5.88 Å². The Morgan fingerprint density at radius 1 is 0.957 bits per heavy atom. The maximum Gasteiger partial charge on any atom is 0.490 e. The number of hydrogen-bond donors (Lipinski definition) is 4. The van der Waals surface area contributed by atoms with Crippen molar-refractivity contribution in [2.75, 3.05) is 43.5 Å². The number of hydrogen-bond acceptors (Lipinski definition) is 9. The Kier molecular flexibility index (Phi) is 10.9. The van der Waals surface area contributed by atoms with Crippen molar-refractivity contribution in [1.82, 2.24) is 24.7 Å². The first-order valence-corrected chi connectivity index (χ1v) is 12.8. The van der Waals surface area contributed by atoms with Crippen LogP contribution in [0.3, 0.4) is 0 Å². The highest BCUT2D eigenvalue weighted by Crippen LogP contribution is 2.29. The van der Waals surface area contributed by atoms with Gasteiger partial charge in [-0.15, -0.1) is 0 Å². The summed E-state index contributed by atoms with van der Waals surface area (Å²) >= 11 is 0. The van der Waals surface area contributed by atoms with Crippen molar-refractivity contribution in [2.24, 2.45) is 0 Å². The molecule has 1 amide bonds. The average molecular weight is 664 g/mol. The van der Waals surface area contributed by atoms with Gasteiger partial charge < -0.3 is 34.9 Å². The average Bonchev–Trinajstić information content (AvgIpc) is 3.37. The minimum atomic E-state index is -5.08. The van der Waals surface area contributed by atoms with Gasteiger partial charge in [0.2, 0.25) is 5.88 Å². The van der Waals surface area contributed by atoms with E-state index < -0.39 is 36.0 Å². The zero-order valence-electron chi connectivity index (χ0n) is 23.7.